The molecular weight excluding hydrogens is 497 g/mol. The topological polar surface area (TPSA) is 51.8 Å². The second kappa shape index (κ2) is 6.70. The summed E-state index contributed by atoms with van der Waals surface area (Å²) < 4.78 is 2.93. The Labute approximate surface area is 149 Å². The quantitative estimate of drug-likeness (QED) is 0.588. The van der Waals surface area contributed by atoms with Crippen LogP contribution in [-0.4, -0.2) is 9.97 Å². The van der Waals surface area contributed by atoms with Gasteiger partial charge in [-0.05, 0) is 85.0 Å². The molecule has 1 aromatic heterocycles. The first-order valence-corrected chi connectivity index (χ1v) is 8.82. The molecule has 0 aliphatic rings. The summed E-state index contributed by atoms with van der Waals surface area (Å²) in [4.78, 5) is 9.08. The van der Waals surface area contributed by atoms with Gasteiger partial charge in [-0.15, -0.1) is 0 Å². The maximum absolute atomic E-state index is 6.02. The molecule has 0 bridgehead atoms. The number of hydrogen-bond acceptors (Lipinski definition) is 3. The summed E-state index contributed by atoms with van der Waals surface area (Å²) in [6.07, 6.45) is 0.899. The Bertz CT molecular complexity index is 645. The van der Waals surface area contributed by atoms with Crippen molar-refractivity contribution in [3.05, 3.63) is 36.4 Å². The molecule has 0 aliphatic carbocycles. The van der Waals surface area contributed by atoms with Crippen molar-refractivity contribution < 1.29 is 0 Å². The van der Waals surface area contributed by atoms with E-state index < -0.39 is 0 Å². The van der Waals surface area contributed by atoms with Crippen LogP contribution in [0.3, 0.4) is 0 Å². The minimum Gasteiger partial charge on any atom is -0.383 e. The van der Waals surface area contributed by atoms with E-state index in [0.29, 0.717) is 17.6 Å². The highest BCUT2D eigenvalue weighted by Crippen LogP contribution is 2.29. The number of benzene rings is 1. The van der Waals surface area contributed by atoms with Crippen molar-refractivity contribution in [1.82, 2.24) is 9.97 Å². The second-order valence-electron chi connectivity index (χ2n) is 4.92. The molecule has 0 unspecified atom stereocenters. The highest BCUT2D eigenvalue weighted by Gasteiger charge is 2.13. The molecule has 2 rings (SSSR count). The van der Waals surface area contributed by atoms with Crippen LogP contribution >= 0.6 is 54.5 Å². The van der Waals surface area contributed by atoms with E-state index in [1.54, 1.807) is 0 Å². The number of hydrogen-bond donors (Lipinski definition) is 1. The van der Waals surface area contributed by atoms with Crippen LogP contribution in [0.5, 0.6) is 0 Å². The molecule has 0 aliphatic heterocycles. The van der Waals surface area contributed by atoms with E-state index in [9.17, 15) is 0 Å². The van der Waals surface area contributed by atoms with Crippen molar-refractivity contribution in [2.24, 2.45) is 5.92 Å². The van der Waals surface area contributed by atoms with Crippen LogP contribution < -0.4 is 5.73 Å². The zero-order valence-electron chi connectivity index (χ0n) is 11.1. The van der Waals surface area contributed by atoms with Gasteiger partial charge in [-0.3, -0.25) is 0 Å². The SMILES string of the molecule is CC(C)Cc1nc(-c2ccc(Br)c(Br)c2)nc(N)c1I. The lowest BCUT2D eigenvalue weighted by molar-refractivity contribution is 0.632. The fraction of sp³-hybridized carbons (Fsp3) is 0.286. The monoisotopic (exact) mass is 509 g/mol. The van der Waals surface area contributed by atoms with Crippen LogP contribution in [0.1, 0.15) is 19.5 Å². The largest absolute Gasteiger partial charge is 0.383 e. The van der Waals surface area contributed by atoms with Crippen molar-refractivity contribution in [2.75, 3.05) is 5.73 Å². The molecule has 0 spiro atoms. The van der Waals surface area contributed by atoms with Gasteiger partial charge in [0.05, 0.1) is 9.26 Å². The van der Waals surface area contributed by atoms with Gasteiger partial charge < -0.3 is 5.73 Å². The molecule has 0 atom stereocenters. The Kier molecular flexibility index (Phi) is 5.42. The molecular formula is C14H14Br2IN3. The van der Waals surface area contributed by atoms with Gasteiger partial charge in [0.15, 0.2) is 5.82 Å². The number of anilines is 1. The van der Waals surface area contributed by atoms with Crippen LogP contribution in [0.25, 0.3) is 11.4 Å². The Balaban J connectivity index is 2.51. The van der Waals surface area contributed by atoms with Crippen LogP contribution in [-0.2, 0) is 6.42 Å². The lowest BCUT2D eigenvalue weighted by Gasteiger charge is -2.11. The third-order valence-corrected chi connectivity index (χ3v) is 5.78. The van der Waals surface area contributed by atoms with Crippen LogP contribution in [0.15, 0.2) is 27.1 Å². The van der Waals surface area contributed by atoms with Crippen molar-refractivity contribution >= 4 is 60.3 Å². The summed E-state index contributed by atoms with van der Waals surface area (Å²) in [6.45, 7) is 4.34. The highest BCUT2D eigenvalue weighted by atomic mass is 127. The van der Waals surface area contributed by atoms with Gasteiger partial charge in [-0.25, -0.2) is 9.97 Å². The van der Waals surface area contributed by atoms with E-state index in [-0.39, 0.29) is 0 Å². The first kappa shape index (κ1) is 16.2. The number of nitrogens with two attached hydrogens (primary N) is 1. The highest BCUT2D eigenvalue weighted by molar-refractivity contribution is 14.1. The maximum Gasteiger partial charge on any atom is 0.161 e. The summed E-state index contributed by atoms with van der Waals surface area (Å²) in [5.74, 6) is 1.75. The van der Waals surface area contributed by atoms with Gasteiger partial charge in [0.2, 0.25) is 0 Å². The third-order valence-electron chi connectivity index (χ3n) is 2.72. The molecule has 3 nitrogen and oxygen atoms in total. The van der Waals surface area contributed by atoms with Crippen molar-refractivity contribution in [2.45, 2.75) is 20.3 Å². The smallest absolute Gasteiger partial charge is 0.161 e. The summed E-state index contributed by atoms with van der Waals surface area (Å²) >= 11 is 9.18. The van der Waals surface area contributed by atoms with Gasteiger partial charge in [0, 0.05) is 14.5 Å². The average Bonchev–Trinajstić information content (AvgIpc) is 2.37. The molecule has 1 heterocycles. The fourth-order valence-electron chi connectivity index (χ4n) is 1.80. The van der Waals surface area contributed by atoms with E-state index in [1.807, 2.05) is 18.2 Å². The molecule has 20 heavy (non-hydrogen) atoms. The maximum atomic E-state index is 6.02. The summed E-state index contributed by atoms with van der Waals surface area (Å²) in [5, 5.41) is 0. The molecule has 2 aromatic rings. The molecule has 0 saturated heterocycles. The number of rotatable bonds is 3. The van der Waals surface area contributed by atoms with Gasteiger partial charge in [-0.1, -0.05) is 13.8 Å². The molecule has 0 fully saturated rings. The first-order chi connectivity index (χ1) is 9.38. The Morgan fingerprint density at radius 2 is 1.90 bits per heavy atom. The molecule has 1 aromatic carbocycles. The zero-order valence-corrected chi connectivity index (χ0v) is 16.5. The fourth-order valence-corrected chi connectivity index (χ4v) is 2.89. The lowest BCUT2D eigenvalue weighted by atomic mass is 10.1. The summed E-state index contributed by atoms with van der Waals surface area (Å²) in [6, 6.07) is 5.94. The van der Waals surface area contributed by atoms with E-state index >= 15 is 0 Å². The first-order valence-electron chi connectivity index (χ1n) is 6.15. The Morgan fingerprint density at radius 3 is 2.50 bits per heavy atom. The van der Waals surface area contributed by atoms with Gasteiger partial charge >= 0.3 is 0 Å². The number of nitrogens with zero attached hydrogens (tertiary/aromatic N) is 2. The predicted octanol–water partition coefficient (Wildman–Crippen LogP) is 5.05. The third kappa shape index (κ3) is 3.71. The number of halogens is 3. The minimum atomic E-state index is 0.530. The Morgan fingerprint density at radius 1 is 1.20 bits per heavy atom. The normalized spacial score (nSPS) is 11.1. The second-order valence-corrected chi connectivity index (χ2v) is 7.71. The molecule has 106 valence electrons. The van der Waals surface area contributed by atoms with Crippen molar-refractivity contribution in [3.8, 4) is 11.4 Å². The lowest BCUT2D eigenvalue weighted by Crippen LogP contribution is -2.07. The molecule has 0 radical (unpaired) electrons. The molecule has 2 N–H and O–H groups in total. The number of nitrogen functional groups attached to an aromatic ring is 1. The minimum absolute atomic E-state index is 0.530. The van der Waals surface area contributed by atoms with Crippen LogP contribution in [0, 0.1) is 9.49 Å². The average molecular weight is 511 g/mol. The molecule has 6 heteroatoms. The van der Waals surface area contributed by atoms with Gasteiger partial charge in [-0.2, -0.15) is 0 Å². The van der Waals surface area contributed by atoms with E-state index in [4.69, 9.17) is 5.73 Å². The molecule has 0 saturated carbocycles. The van der Waals surface area contributed by atoms with E-state index in [2.05, 4.69) is 78.3 Å². The van der Waals surface area contributed by atoms with E-state index in [0.717, 1.165) is 30.2 Å². The standard InChI is InChI=1S/C14H14Br2IN3/c1-7(2)5-11-12(17)13(18)20-14(19-11)8-3-4-9(15)10(16)6-8/h3-4,6-7H,5H2,1-2H3,(H2,18,19,20). The van der Waals surface area contributed by atoms with Crippen LogP contribution in [0.2, 0.25) is 0 Å². The van der Waals surface area contributed by atoms with Crippen LogP contribution in [0.4, 0.5) is 5.82 Å². The van der Waals surface area contributed by atoms with Gasteiger partial charge in [0.25, 0.3) is 0 Å². The predicted molar refractivity (Wildman–Crippen MR) is 98.5 cm³/mol. The molecule has 0 amide bonds. The van der Waals surface area contributed by atoms with E-state index in [1.165, 1.54) is 0 Å². The summed E-state index contributed by atoms with van der Waals surface area (Å²) in [5.41, 5.74) is 7.99. The number of aromatic nitrogens is 2. The summed E-state index contributed by atoms with van der Waals surface area (Å²) in [7, 11) is 0. The zero-order chi connectivity index (χ0) is 14.9. The van der Waals surface area contributed by atoms with Crippen molar-refractivity contribution in [1.29, 1.82) is 0 Å². The van der Waals surface area contributed by atoms with Gasteiger partial charge in [0.1, 0.15) is 5.82 Å². The van der Waals surface area contributed by atoms with Crippen molar-refractivity contribution in [3.63, 3.8) is 0 Å². The Hall–Kier alpha value is -0.210.